The molecule has 0 spiro atoms. The van der Waals surface area contributed by atoms with Gasteiger partial charge >= 0.3 is 6.18 Å². The fourth-order valence-electron chi connectivity index (χ4n) is 3.60. The Morgan fingerprint density at radius 3 is 2.62 bits per heavy atom. The van der Waals surface area contributed by atoms with Gasteiger partial charge in [-0.2, -0.15) is 13.2 Å². The van der Waals surface area contributed by atoms with Crippen LogP contribution in [0.15, 0.2) is 47.1 Å². The van der Waals surface area contributed by atoms with Crippen LogP contribution in [-0.2, 0) is 30.7 Å². The summed E-state index contributed by atoms with van der Waals surface area (Å²) in [5.41, 5.74) is 4.86. The van der Waals surface area contributed by atoms with Crippen LogP contribution in [0.5, 0.6) is 0 Å². The largest absolute Gasteiger partial charge is 0.461 e. The summed E-state index contributed by atoms with van der Waals surface area (Å²) in [6, 6.07) is 9.17. The first kappa shape index (κ1) is 22.3. The molecule has 2 heterocycles. The van der Waals surface area contributed by atoms with E-state index in [1.54, 1.807) is 27.4 Å². The number of hydrogen-bond donors (Lipinski definition) is 1. The van der Waals surface area contributed by atoms with Crippen molar-refractivity contribution in [3.63, 3.8) is 0 Å². The van der Waals surface area contributed by atoms with Crippen LogP contribution in [0.3, 0.4) is 0 Å². The Balaban J connectivity index is 1.64. The highest BCUT2D eigenvalue weighted by molar-refractivity contribution is 7.71. The van der Waals surface area contributed by atoms with Crippen LogP contribution < -0.4 is 5.73 Å². The Labute approximate surface area is 187 Å². The van der Waals surface area contributed by atoms with Crippen molar-refractivity contribution in [1.29, 1.82) is 0 Å². The van der Waals surface area contributed by atoms with E-state index < -0.39 is 17.6 Å². The van der Waals surface area contributed by atoms with Gasteiger partial charge in [-0.15, -0.1) is 5.10 Å². The fraction of sp³-hybridized carbons (Fsp3) is 0.381. The quantitative estimate of drug-likeness (QED) is 0.479. The number of alkyl halides is 3. The minimum atomic E-state index is -4.43. The summed E-state index contributed by atoms with van der Waals surface area (Å²) in [6.45, 7) is 0.559. The molecule has 0 bridgehead atoms. The number of nitrogens with two attached hydrogens (primary N) is 1. The van der Waals surface area contributed by atoms with Crippen LogP contribution in [0.2, 0.25) is 0 Å². The van der Waals surface area contributed by atoms with E-state index in [0.717, 1.165) is 18.9 Å². The van der Waals surface area contributed by atoms with Gasteiger partial charge in [0.25, 0.3) is 0 Å². The maximum Gasteiger partial charge on any atom is 0.416 e. The fourth-order valence-corrected chi connectivity index (χ4v) is 3.88. The van der Waals surface area contributed by atoms with Gasteiger partial charge in [0.15, 0.2) is 16.4 Å². The molecule has 0 radical (unpaired) electrons. The number of amides is 1. The third kappa shape index (κ3) is 4.94. The van der Waals surface area contributed by atoms with E-state index in [1.165, 1.54) is 18.4 Å². The zero-order chi connectivity index (χ0) is 22.9. The van der Waals surface area contributed by atoms with Crippen LogP contribution >= 0.6 is 12.2 Å². The normalized spacial score (nSPS) is 14.2. The van der Waals surface area contributed by atoms with Gasteiger partial charge in [0.1, 0.15) is 0 Å². The summed E-state index contributed by atoms with van der Waals surface area (Å²) in [5, 5.41) is 4.56. The summed E-state index contributed by atoms with van der Waals surface area (Å²) < 4.78 is 49.4. The lowest BCUT2D eigenvalue weighted by molar-refractivity contribution is -0.138. The first-order valence-corrected chi connectivity index (χ1v) is 10.5. The van der Waals surface area contributed by atoms with Gasteiger partial charge in [0.05, 0.1) is 18.5 Å². The van der Waals surface area contributed by atoms with Crippen molar-refractivity contribution in [2.24, 2.45) is 5.73 Å². The van der Waals surface area contributed by atoms with Gasteiger partial charge in [-0.05, 0) is 48.8 Å². The second kappa shape index (κ2) is 8.91. The van der Waals surface area contributed by atoms with E-state index in [9.17, 15) is 18.0 Å². The van der Waals surface area contributed by atoms with Gasteiger partial charge in [0, 0.05) is 25.6 Å². The molecule has 1 aliphatic rings. The number of halogens is 3. The molecule has 1 saturated carbocycles. The van der Waals surface area contributed by atoms with Crippen molar-refractivity contribution in [1.82, 2.24) is 19.2 Å². The van der Waals surface area contributed by atoms with Crippen LogP contribution in [0.25, 0.3) is 11.6 Å². The number of hydrogen-bond acceptors (Lipinski definition) is 5. The SMILES string of the molecule is NC(=O)CCn1c(-c2ccco2)nn(CN(Cc2ccccc2C(F)(F)F)C2CC2)c1=S. The first-order chi connectivity index (χ1) is 15.2. The molecular weight excluding hydrogens is 443 g/mol. The van der Waals surface area contributed by atoms with E-state index in [-0.39, 0.29) is 37.8 Å². The lowest BCUT2D eigenvalue weighted by Crippen LogP contribution is -2.30. The zero-order valence-electron chi connectivity index (χ0n) is 17.1. The predicted molar refractivity (Wildman–Crippen MR) is 113 cm³/mol. The monoisotopic (exact) mass is 465 g/mol. The van der Waals surface area contributed by atoms with E-state index in [2.05, 4.69) is 5.10 Å². The van der Waals surface area contributed by atoms with Gasteiger partial charge in [0.2, 0.25) is 5.91 Å². The Bertz CT molecular complexity index is 1150. The van der Waals surface area contributed by atoms with E-state index in [4.69, 9.17) is 22.4 Å². The van der Waals surface area contributed by atoms with Crippen LogP contribution in [0, 0.1) is 4.77 Å². The van der Waals surface area contributed by atoms with Crippen LogP contribution in [-0.4, -0.2) is 31.2 Å². The number of primary amides is 1. The number of aromatic nitrogens is 3. The van der Waals surface area contributed by atoms with Crippen LogP contribution in [0.1, 0.15) is 30.4 Å². The molecule has 2 N–H and O–H groups in total. The molecule has 0 atom stereocenters. The molecule has 32 heavy (non-hydrogen) atoms. The second-order valence-corrected chi connectivity index (χ2v) is 8.09. The van der Waals surface area contributed by atoms with E-state index in [1.807, 2.05) is 4.90 Å². The lowest BCUT2D eigenvalue weighted by atomic mass is 10.1. The Morgan fingerprint density at radius 2 is 2.00 bits per heavy atom. The van der Waals surface area contributed by atoms with Crippen molar-refractivity contribution >= 4 is 18.1 Å². The Hall–Kier alpha value is -2.92. The average Bonchev–Trinajstić information content (AvgIpc) is 3.35. The summed E-state index contributed by atoms with van der Waals surface area (Å²) in [7, 11) is 0. The molecule has 1 amide bonds. The molecular formula is C21H22F3N5O2S. The number of benzene rings is 1. The lowest BCUT2D eigenvalue weighted by Gasteiger charge is -2.23. The molecule has 1 fully saturated rings. The van der Waals surface area contributed by atoms with Gasteiger partial charge in [-0.25, -0.2) is 4.68 Å². The number of carbonyl (C=O) groups excluding carboxylic acids is 1. The second-order valence-electron chi connectivity index (χ2n) is 7.73. The van der Waals surface area contributed by atoms with E-state index >= 15 is 0 Å². The smallest absolute Gasteiger partial charge is 0.416 e. The summed E-state index contributed by atoms with van der Waals surface area (Å²) in [5.74, 6) is 0.431. The van der Waals surface area contributed by atoms with Crippen molar-refractivity contribution in [2.75, 3.05) is 0 Å². The minimum absolute atomic E-state index is 0.0685. The standard InChI is InChI=1S/C21H22F3N5O2S/c22-21(23,24)16-5-2-1-4-14(16)12-27(15-7-8-15)13-29-20(32)28(10-9-18(25)30)19(26-29)17-6-3-11-31-17/h1-6,11,15H,7-10,12-13H2,(H2,25,30). The molecule has 2 aromatic heterocycles. The highest BCUT2D eigenvalue weighted by Gasteiger charge is 2.35. The number of nitrogens with zero attached hydrogens (tertiary/aromatic N) is 4. The van der Waals surface area contributed by atoms with Crippen molar-refractivity contribution in [2.45, 2.75) is 51.2 Å². The molecule has 0 unspecified atom stereocenters. The molecule has 7 nitrogen and oxygen atoms in total. The minimum Gasteiger partial charge on any atom is -0.461 e. The Kier molecular flexibility index (Phi) is 6.20. The molecule has 1 aliphatic carbocycles. The molecule has 4 rings (SSSR count). The van der Waals surface area contributed by atoms with Gasteiger partial charge < -0.3 is 10.2 Å². The zero-order valence-corrected chi connectivity index (χ0v) is 17.9. The summed E-state index contributed by atoms with van der Waals surface area (Å²) >= 11 is 5.58. The number of carbonyl (C=O) groups is 1. The molecule has 170 valence electrons. The highest BCUT2D eigenvalue weighted by atomic mass is 32.1. The third-order valence-electron chi connectivity index (χ3n) is 5.32. The van der Waals surface area contributed by atoms with Crippen LogP contribution in [0.4, 0.5) is 13.2 Å². The van der Waals surface area contributed by atoms with Crippen molar-refractivity contribution in [3.8, 4) is 11.6 Å². The molecule has 0 aliphatic heterocycles. The van der Waals surface area contributed by atoms with E-state index in [0.29, 0.717) is 16.4 Å². The highest BCUT2D eigenvalue weighted by Crippen LogP contribution is 2.35. The van der Waals surface area contributed by atoms with Gasteiger partial charge in [-0.3, -0.25) is 14.3 Å². The molecule has 1 aromatic carbocycles. The third-order valence-corrected chi connectivity index (χ3v) is 5.75. The summed E-state index contributed by atoms with van der Waals surface area (Å²) in [4.78, 5) is 13.2. The number of furan rings is 1. The summed E-state index contributed by atoms with van der Waals surface area (Å²) in [6.07, 6.45) is -1.06. The molecule has 0 saturated heterocycles. The van der Waals surface area contributed by atoms with Gasteiger partial charge in [-0.1, -0.05) is 18.2 Å². The first-order valence-electron chi connectivity index (χ1n) is 10.1. The average molecular weight is 466 g/mol. The predicted octanol–water partition coefficient (Wildman–Crippen LogP) is 4.19. The van der Waals surface area contributed by atoms with Crippen molar-refractivity contribution in [3.05, 3.63) is 58.6 Å². The molecule has 11 heteroatoms. The maximum absolute atomic E-state index is 13.5. The number of rotatable bonds is 9. The topological polar surface area (TPSA) is 82.2 Å². The Morgan fingerprint density at radius 1 is 1.25 bits per heavy atom. The van der Waals surface area contributed by atoms with Crippen molar-refractivity contribution < 1.29 is 22.4 Å². The molecule has 3 aromatic rings. The maximum atomic E-state index is 13.5.